The van der Waals surface area contributed by atoms with Crippen LogP contribution in [0.1, 0.15) is 31.3 Å². The molecule has 1 aliphatic rings. The number of rotatable bonds is 3. The minimum Gasteiger partial charge on any atom is -0.459 e. The summed E-state index contributed by atoms with van der Waals surface area (Å²) in [5.41, 5.74) is -0.264. The molecule has 2 N–H and O–H groups in total. The second-order valence-electron chi connectivity index (χ2n) is 6.96. The quantitative estimate of drug-likeness (QED) is 0.614. The summed E-state index contributed by atoms with van der Waals surface area (Å²) in [4.78, 5) is 32.2. The number of carbonyl (C=O) groups excluding carboxylic acids is 2. The largest absolute Gasteiger partial charge is 0.459 e. The van der Waals surface area contributed by atoms with Gasteiger partial charge in [0.1, 0.15) is 0 Å². The highest BCUT2D eigenvalue weighted by Gasteiger charge is 2.25. The molecule has 138 valence electrons. The monoisotopic (exact) mass is 349 g/mol. The van der Waals surface area contributed by atoms with Crippen molar-refractivity contribution in [2.75, 3.05) is 39.8 Å². The van der Waals surface area contributed by atoms with Gasteiger partial charge in [0.25, 0.3) is 5.91 Å². The van der Waals surface area contributed by atoms with E-state index in [4.69, 9.17) is 4.42 Å². The third kappa shape index (κ3) is 5.51. The molecule has 2 heterocycles. The van der Waals surface area contributed by atoms with E-state index in [1.165, 1.54) is 6.26 Å². The highest BCUT2D eigenvalue weighted by Crippen LogP contribution is 2.09. The molecule has 1 saturated heterocycles. The number of aliphatic imine (C=N–C) groups is 1. The average Bonchev–Trinajstić information content (AvgIpc) is 3.08. The molecule has 0 bridgehead atoms. The van der Waals surface area contributed by atoms with Crippen LogP contribution >= 0.6 is 0 Å². The number of amides is 2. The van der Waals surface area contributed by atoms with Gasteiger partial charge >= 0.3 is 0 Å². The van der Waals surface area contributed by atoms with Gasteiger partial charge in [0, 0.05) is 38.8 Å². The molecule has 0 aliphatic carbocycles. The van der Waals surface area contributed by atoms with Crippen molar-refractivity contribution in [2.24, 2.45) is 4.99 Å². The summed E-state index contributed by atoms with van der Waals surface area (Å²) in [5, 5.41) is 5.98. The van der Waals surface area contributed by atoms with Gasteiger partial charge in [-0.25, -0.2) is 0 Å². The van der Waals surface area contributed by atoms with Gasteiger partial charge in [-0.3, -0.25) is 14.6 Å². The number of nitrogens with zero attached hydrogens (tertiary/aromatic N) is 3. The van der Waals surface area contributed by atoms with Crippen LogP contribution in [0.25, 0.3) is 0 Å². The number of hydrogen-bond donors (Lipinski definition) is 2. The van der Waals surface area contributed by atoms with Crippen LogP contribution in [0.15, 0.2) is 27.8 Å². The van der Waals surface area contributed by atoms with E-state index in [9.17, 15) is 9.59 Å². The van der Waals surface area contributed by atoms with Gasteiger partial charge in [0.15, 0.2) is 11.7 Å². The van der Waals surface area contributed by atoms with Crippen molar-refractivity contribution in [1.82, 2.24) is 20.4 Å². The number of furan rings is 1. The molecule has 1 aromatic rings. The van der Waals surface area contributed by atoms with Crippen LogP contribution in [0, 0.1) is 0 Å². The van der Waals surface area contributed by atoms with Crippen molar-refractivity contribution in [3.05, 3.63) is 24.2 Å². The second kappa shape index (κ2) is 8.04. The molecule has 0 radical (unpaired) electrons. The zero-order valence-corrected chi connectivity index (χ0v) is 15.3. The van der Waals surface area contributed by atoms with Crippen LogP contribution in [-0.4, -0.2) is 72.9 Å². The second-order valence-corrected chi connectivity index (χ2v) is 6.96. The lowest BCUT2D eigenvalue weighted by molar-refractivity contribution is -0.121. The Kier molecular flexibility index (Phi) is 6.06. The predicted octanol–water partition coefficient (Wildman–Crippen LogP) is 0.528. The zero-order chi connectivity index (χ0) is 18.4. The number of piperazine rings is 1. The fourth-order valence-electron chi connectivity index (χ4n) is 2.63. The van der Waals surface area contributed by atoms with E-state index in [1.54, 1.807) is 24.1 Å². The Labute approximate surface area is 148 Å². The van der Waals surface area contributed by atoms with Gasteiger partial charge in [-0.15, -0.1) is 0 Å². The van der Waals surface area contributed by atoms with Crippen LogP contribution in [-0.2, 0) is 4.79 Å². The minimum absolute atomic E-state index is 0.0831. The van der Waals surface area contributed by atoms with Crippen molar-refractivity contribution in [1.29, 1.82) is 0 Å². The highest BCUT2D eigenvalue weighted by atomic mass is 16.3. The van der Waals surface area contributed by atoms with Gasteiger partial charge in [-0.1, -0.05) is 0 Å². The van der Waals surface area contributed by atoms with E-state index >= 15 is 0 Å². The Hall–Kier alpha value is -2.51. The van der Waals surface area contributed by atoms with Crippen molar-refractivity contribution in [2.45, 2.75) is 26.3 Å². The molecule has 1 fully saturated rings. The molecule has 25 heavy (non-hydrogen) atoms. The van der Waals surface area contributed by atoms with Gasteiger partial charge in [0.2, 0.25) is 5.91 Å². The van der Waals surface area contributed by atoms with Crippen molar-refractivity contribution < 1.29 is 14.0 Å². The van der Waals surface area contributed by atoms with Crippen molar-refractivity contribution in [3.63, 3.8) is 0 Å². The van der Waals surface area contributed by atoms with Crippen LogP contribution in [0.2, 0.25) is 0 Å². The molecule has 0 saturated carbocycles. The Morgan fingerprint density at radius 1 is 1.20 bits per heavy atom. The Balaban J connectivity index is 1.82. The van der Waals surface area contributed by atoms with E-state index in [1.807, 2.05) is 25.7 Å². The Morgan fingerprint density at radius 2 is 1.84 bits per heavy atom. The van der Waals surface area contributed by atoms with E-state index in [2.05, 4.69) is 15.6 Å². The summed E-state index contributed by atoms with van der Waals surface area (Å²) < 4.78 is 5.16. The van der Waals surface area contributed by atoms with Gasteiger partial charge in [0.05, 0.1) is 12.8 Å². The molecule has 2 amide bonds. The topological polar surface area (TPSA) is 90.2 Å². The van der Waals surface area contributed by atoms with Gasteiger partial charge in [-0.2, -0.15) is 0 Å². The lowest BCUT2D eigenvalue weighted by atomic mass is 10.1. The standard InChI is InChI=1S/C17H27N5O3/c1-17(2,3)20-14(23)12-19-16(18-4)22-9-7-21(8-10-22)15(24)13-6-5-11-25-13/h5-6,11H,7-10,12H2,1-4H3,(H,18,19)(H,20,23). The number of hydrogen-bond acceptors (Lipinski definition) is 4. The van der Waals surface area contributed by atoms with Gasteiger partial charge in [-0.05, 0) is 32.9 Å². The van der Waals surface area contributed by atoms with E-state index in [0.29, 0.717) is 37.9 Å². The summed E-state index contributed by atoms with van der Waals surface area (Å²) in [5.74, 6) is 0.835. The van der Waals surface area contributed by atoms with E-state index in [0.717, 1.165) is 0 Å². The number of guanidine groups is 1. The van der Waals surface area contributed by atoms with Crippen molar-refractivity contribution >= 4 is 17.8 Å². The maximum absolute atomic E-state index is 12.3. The van der Waals surface area contributed by atoms with Gasteiger partial charge < -0.3 is 24.9 Å². The molecule has 8 nitrogen and oxygen atoms in total. The molecule has 8 heteroatoms. The molecule has 1 aliphatic heterocycles. The summed E-state index contributed by atoms with van der Waals surface area (Å²) in [6.07, 6.45) is 1.50. The van der Waals surface area contributed by atoms with Crippen LogP contribution < -0.4 is 10.6 Å². The third-order valence-electron chi connectivity index (χ3n) is 3.73. The fraction of sp³-hybridized carbons (Fsp3) is 0.588. The first-order chi connectivity index (χ1) is 11.8. The Morgan fingerprint density at radius 3 is 2.36 bits per heavy atom. The summed E-state index contributed by atoms with van der Waals surface area (Å²) in [6.45, 7) is 8.43. The minimum atomic E-state index is -0.264. The molecular formula is C17H27N5O3. The predicted molar refractivity (Wildman–Crippen MR) is 95.4 cm³/mol. The van der Waals surface area contributed by atoms with Crippen LogP contribution in [0.4, 0.5) is 0 Å². The van der Waals surface area contributed by atoms with Crippen molar-refractivity contribution in [3.8, 4) is 0 Å². The van der Waals surface area contributed by atoms with Crippen LogP contribution in [0.3, 0.4) is 0 Å². The van der Waals surface area contributed by atoms with Crippen LogP contribution in [0.5, 0.6) is 0 Å². The molecule has 0 spiro atoms. The van der Waals surface area contributed by atoms with E-state index < -0.39 is 0 Å². The Bertz CT molecular complexity index is 611. The maximum atomic E-state index is 12.3. The fourth-order valence-corrected chi connectivity index (χ4v) is 2.63. The summed E-state index contributed by atoms with van der Waals surface area (Å²) in [7, 11) is 1.68. The molecule has 1 aromatic heterocycles. The number of carbonyl (C=O) groups is 2. The first-order valence-electron chi connectivity index (χ1n) is 8.39. The molecule has 2 rings (SSSR count). The molecule has 0 atom stereocenters. The SMILES string of the molecule is CN=C(NCC(=O)NC(C)(C)C)N1CCN(C(=O)c2ccco2)CC1. The first kappa shape index (κ1) is 18.8. The molecule has 0 unspecified atom stereocenters. The molecular weight excluding hydrogens is 322 g/mol. The lowest BCUT2D eigenvalue weighted by Gasteiger charge is -2.36. The maximum Gasteiger partial charge on any atom is 0.289 e. The normalized spacial score (nSPS) is 15.9. The average molecular weight is 349 g/mol. The molecule has 0 aromatic carbocycles. The summed E-state index contributed by atoms with van der Waals surface area (Å²) in [6, 6.07) is 3.38. The smallest absolute Gasteiger partial charge is 0.289 e. The lowest BCUT2D eigenvalue weighted by Crippen LogP contribution is -2.55. The highest BCUT2D eigenvalue weighted by molar-refractivity contribution is 5.92. The summed E-state index contributed by atoms with van der Waals surface area (Å²) >= 11 is 0. The van der Waals surface area contributed by atoms with E-state index in [-0.39, 0.29) is 23.9 Å². The zero-order valence-electron chi connectivity index (χ0n) is 15.3. The first-order valence-corrected chi connectivity index (χ1v) is 8.39. The number of nitrogens with one attached hydrogen (secondary N) is 2. The third-order valence-corrected chi connectivity index (χ3v) is 3.73.